The highest BCUT2D eigenvalue weighted by atomic mass is 19.4. The van der Waals surface area contributed by atoms with Crippen molar-refractivity contribution in [3.63, 3.8) is 0 Å². The van der Waals surface area contributed by atoms with E-state index < -0.39 is 6.36 Å². The second-order valence-electron chi connectivity index (χ2n) is 6.27. The van der Waals surface area contributed by atoms with Crippen LogP contribution in [-0.4, -0.2) is 41.7 Å². The number of benzene rings is 2. The molecule has 0 aliphatic rings. The number of para-hydroxylation sites is 1. The molecule has 11 heteroatoms. The molecule has 0 saturated carbocycles. The Morgan fingerprint density at radius 2 is 1.77 bits per heavy atom. The van der Waals surface area contributed by atoms with E-state index in [1.807, 2.05) is 24.3 Å². The number of methoxy groups -OCH3 is 1. The van der Waals surface area contributed by atoms with Crippen LogP contribution >= 0.6 is 0 Å². The summed E-state index contributed by atoms with van der Waals surface area (Å²) in [4.78, 5) is 8.48. The van der Waals surface area contributed by atoms with Crippen LogP contribution in [0.15, 0.2) is 53.5 Å². The fourth-order valence-electron chi connectivity index (χ4n) is 2.68. The summed E-state index contributed by atoms with van der Waals surface area (Å²) in [6.45, 7) is 0.364. The molecule has 0 atom stereocenters. The van der Waals surface area contributed by atoms with Gasteiger partial charge in [0.25, 0.3) is 0 Å². The Morgan fingerprint density at radius 1 is 1.06 bits per heavy atom. The van der Waals surface area contributed by atoms with E-state index in [2.05, 4.69) is 35.5 Å². The molecule has 0 aliphatic carbocycles. The zero-order chi connectivity index (χ0) is 22.3. The molecule has 8 nitrogen and oxygen atoms in total. The highest BCUT2D eigenvalue weighted by Gasteiger charge is 2.31. The summed E-state index contributed by atoms with van der Waals surface area (Å²) in [5.74, 6) is 1.94. The van der Waals surface area contributed by atoms with Crippen molar-refractivity contribution in [3.8, 4) is 22.9 Å². The summed E-state index contributed by atoms with van der Waals surface area (Å²) in [5, 5.41) is 13.0. The van der Waals surface area contributed by atoms with E-state index >= 15 is 0 Å². The molecular formula is C20H21F3N6O2. The van der Waals surface area contributed by atoms with Gasteiger partial charge in [0.2, 0.25) is 0 Å². The lowest BCUT2D eigenvalue weighted by Gasteiger charge is -2.15. The van der Waals surface area contributed by atoms with E-state index in [0.717, 1.165) is 11.3 Å². The molecule has 3 rings (SSSR count). The van der Waals surface area contributed by atoms with E-state index in [0.29, 0.717) is 23.2 Å². The minimum absolute atomic E-state index is 0.0828. The van der Waals surface area contributed by atoms with Gasteiger partial charge in [-0.3, -0.25) is 10.1 Å². The Balaban J connectivity index is 1.56. The third-order valence-corrected chi connectivity index (χ3v) is 4.17. The first-order chi connectivity index (χ1) is 14.9. The average Bonchev–Trinajstić information content (AvgIpc) is 3.23. The Hall–Kier alpha value is -3.76. The molecule has 3 aromatic rings. The van der Waals surface area contributed by atoms with Crippen LogP contribution in [0.5, 0.6) is 11.5 Å². The quantitative estimate of drug-likeness (QED) is 0.390. The van der Waals surface area contributed by atoms with Crippen molar-refractivity contribution in [2.45, 2.75) is 19.5 Å². The molecule has 2 aromatic carbocycles. The second kappa shape index (κ2) is 9.83. The van der Waals surface area contributed by atoms with E-state index in [-0.39, 0.29) is 18.8 Å². The van der Waals surface area contributed by atoms with Crippen LogP contribution in [0.2, 0.25) is 0 Å². The van der Waals surface area contributed by atoms with Crippen molar-refractivity contribution >= 4 is 5.96 Å². The third kappa shape index (κ3) is 6.36. The summed E-state index contributed by atoms with van der Waals surface area (Å²) in [7, 11) is 3.14. The van der Waals surface area contributed by atoms with Gasteiger partial charge in [0.15, 0.2) is 11.8 Å². The minimum atomic E-state index is -4.76. The zero-order valence-electron chi connectivity index (χ0n) is 16.8. The first kappa shape index (κ1) is 21.9. The van der Waals surface area contributed by atoms with Gasteiger partial charge in [-0.1, -0.05) is 18.2 Å². The molecule has 164 valence electrons. The molecule has 0 spiro atoms. The number of nitrogens with zero attached hydrogens (tertiary/aromatic N) is 3. The van der Waals surface area contributed by atoms with Crippen molar-refractivity contribution < 1.29 is 22.6 Å². The summed E-state index contributed by atoms with van der Waals surface area (Å²) >= 11 is 0. The van der Waals surface area contributed by atoms with Crippen molar-refractivity contribution in [1.29, 1.82) is 0 Å². The average molecular weight is 434 g/mol. The fourth-order valence-corrected chi connectivity index (χ4v) is 2.68. The minimum Gasteiger partial charge on any atom is -0.497 e. The van der Waals surface area contributed by atoms with E-state index in [4.69, 9.17) is 4.74 Å². The molecule has 31 heavy (non-hydrogen) atoms. The highest BCUT2D eigenvalue weighted by Crippen LogP contribution is 2.26. The number of alkyl halides is 3. The van der Waals surface area contributed by atoms with Gasteiger partial charge in [-0.25, -0.2) is 4.98 Å². The molecular weight excluding hydrogens is 413 g/mol. The Labute approximate surface area is 176 Å². The third-order valence-electron chi connectivity index (χ3n) is 4.17. The largest absolute Gasteiger partial charge is 0.573 e. The molecule has 0 radical (unpaired) electrons. The van der Waals surface area contributed by atoms with Gasteiger partial charge in [0.05, 0.1) is 13.7 Å². The van der Waals surface area contributed by atoms with Gasteiger partial charge < -0.3 is 20.1 Å². The highest BCUT2D eigenvalue weighted by molar-refractivity contribution is 5.79. The fraction of sp³-hybridized carbons (Fsp3) is 0.250. The molecule has 0 aliphatic heterocycles. The van der Waals surface area contributed by atoms with Gasteiger partial charge in [0.1, 0.15) is 17.3 Å². The summed E-state index contributed by atoms with van der Waals surface area (Å²) in [6, 6.07) is 13.2. The molecule has 1 aromatic heterocycles. The van der Waals surface area contributed by atoms with E-state index in [1.165, 1.54) is 12.1 Å². The first-order valence-electron chi connectivity index (χ1n) is 9.22. The molecule has 1 heterocycles. The number of aromatic amines is 1. The Bertz CT molecular complexity index is 1020. The lowest BCUT2D eigenvalue weighted by Crippen LogP contribution is -2.36. The van der Waals surface area contributed by atoms with Crippen molar-refractivity contribution in [2.24, 2.45) is 4.99 Å². The number of rotatable bonds is 7. The zero-order valence-corrected chi connectivity index (χ0v) is 16.8. The van der Waals surface area contributed by atoms with Crippen LogP contribution in [0.25, 0.3) is 11.4 Å². The van der Waals surface area contributed by atoms with Crippen LogP contribution in [0, 0.1) is 0 Å². The maximum atomic E-state index is 12.6. The summed E-state index contributed by atoms with van der Waals surface area (Å²) in [6.07, 6.45) is -4.76. The lowest BCUT2D eigenvalue weighted by molar-refractivity contribution is -0.274. The molecule has 0 amide bonds. The standard InChI is InChI=1S/C20H21F3N6O2/c1-24-19(25-11-14-5-3-4-6-16(14)31-20(21,22)23)26-12-17-27-18(29-28-17)13-7-9-15(30-2)10-8-13/h3-10H,11-12H2,1-2H3,(H2,24,25,26)(H,27,28,29). The number of H-pyrrole nitrogens is 1. The Kier molecular flexibility index (Phi) is 6.96. The Morgan fingerprint density at radius 3 is 2.45 bits per heavy atom. The predicted molar refractivity (Wildman–Crippen MR) is 109 cm³/mol. The predicted octanol–water partition coefficient (Wildman–Crippen LogP) is 3.24. The SMILES string of the molecule is CN=C(NCc1nc(-c2ccc(OC)cc2)n[nH]1)NCc1ccccc1OC(F)(F)F. The van der Waals surface area contributed by atoms with Crippen LogP contribution in [0.3, 0.4) is 0 Å². The topological polar surface area (TPSA) is 96.5 Å². The number of guanidine groups is 1. The second-order valence-corrected chi connectivity index (χ2v) is 6.27. The van der Waals surface area contributed by atoms with Crippen molar-refractivity contribution in [1.82, 2.24) is 25.8 Å². The molecule has 0 unspecified atom stereocenters. The molecule has 0 fully saturated rings. The lowest BCUT2D eigenvalue weighted by atomic mass is 10.2. The van der Waals surface area contributed by atoms with Crippen LogP contribution in [0.1, 0.15) is 11.4 Å². The number of hydrogen-bond donors (Lipinski definition) is 3. The van der Waals surface area contributed by atoms with Gasteiger partial charge >= 0.3 is 6.36 Å². The number of aliphatic imine (C=N–C) groups is 1. The number of nitrogens with one attached hydrogen (secondary N) is 3. The number of aromatic nitrogens is 3. The summed E-state index contributed by atoms with van der Waals surface area (Å²) in [5.41, 5.74) is 1.16. The van der Waals surface area contributed by atoms with Gasteiger partial charge in [-0.15, -0.1) is 13.2 Å². The van der Waals surface area contributed by atoms with Gasteiger partial charge in [-0.05, 0) is 30.3 Å². The maximum absolute atomic E-state index is 12.6. The van der Waals surface area contributed by atoms with E-state index in [9.17, 15) is 13.2 Å². The monoisotopic (exact) mass is 434 g/mol. The van der Waals surface area contributed by atoms with E-state index in [1.54, 1.807) is 26.3 Å². The van der Waals surface area contributed by atoms with Crippen LogP contribution in [-0.2, 0) is 13.1 Å². The van der Waals surface area contributed by atoms with Gasteiger partial charge in [-0.2, -0.15) is 5.10 Å². The van der Waals surface area contributed by atoms with Crippen molar-refractivity contribution in [2.75, 3.05) is 14.2 Å². The van der Waals surface area contributed by atoms with Crippen LogP contribution in [0.4, 0.5) is 13.2 Å². The normalized spacial score (nSPS) is 11.8. The molecule has 0 saturated heterocycles. The number of ether oxygens (including phenoxy) is 2. The molecule has 0 bridgehead atoms. The van der Waals surface area contributed by atoms with Crippen LogP contribution < -0.4 is 20.1 Å². The smallest absolute Gasteiger partial charge is 0.497 e. The van der Waals surface area contributed by atoms with Crippen molar-refractivity contribution in [3.05, 3.63) is 59.9 Å². The number of hydrogen-bond acceptors (Lipinski definition) is 5. The summed E-state index contributed by atoms with van der Waals surface area (Å²) < 4.78 is 46.9. The first-order valence-corrected chi connectivity index (χ1v) is 9.22. The maximum Gasteiger partial charge on any atom is 0.573 e. The van der Waals surface area contributed by atoms with Gasteiger partial charge in [0, 0.05) is 24.7 Å². The molecule has 3 N–H and O–H groups in total. The number of halogens is 3.